The van der Waals surface area contributed by atoms with Crippen molar-refractivity contribution in [1.82, 2.24) is 9.78 Å². The Balaban J connectivity index is 2.00. The van der Waals surface area contributed by atoms with Crippen LogP contribution in [-0.4, -0.2) is 20.9 Å². The summed E-state index contributed by atoms with van der Waals surface area (Å²) in [6.45, 7) is 1.95. The van der Waals surface area contributed by atoms with Crippen LogP contribution in [-0.2, 0) is 10.3 Å². The SMILES string of the molecule is Cc1cnn(C2(C(=O)O)CCCC3(CC3)C2)c1. The molecule has 0 aliphatic heterocycles. The lowest BCUT2D eigenvalue weighted by Crippen LogP contribution is -2.46. The van der Waals surface area contributed by atoms with E-state index in [0.29, 0.717) is 11.8 Å². The number of aliphatic carboxylic acids is 1. The van der Waals surface area contributed by atoms with E-state index < -0.39 is 11.5 Å². The topological polar surface area (TPSA) is 55.1 Å². The first kappa shape index (κ1) is 10.8. The summed E-state index contributed by atoms with van der Waals surface area (Å²) in [6.07, 6.45) is 9.69. The fourth-order valence-electron chi connectivity index (χ4n) is 3.28. The molecule has 2 saturated carbocycles. The van der Waals surface area contributed by atoms with E-state index in [4.69, 9.17) is 0 Å². The van der Waals surface area contributed by atoms with Gasteiger partial charge in [0, 0.05) is 6.20 Å². The summed E-state index contributed by atoms with van der Waals surface area (Å²) in [6, 6.07) is 0. The van der Waals surface area contributed by atoms with Crippen molar-refractivity contribution in [2.24, 2.45) is 5.41 Å². The van der Waals surface area contributed by atoms with Gasteiger partial charge in [0.05, 0.1) is 6.20 Å². The number of carboxylic acids is 1. The molecule has 0 saturated heterocycles. The van der Waals surface area contributed by atoms with Gasteiger partial charge < -0.3 is 5.11 Å². The number of rotatable bonds is 2. The minimum absolute atomic E-state index is 0.316. The van der Waals surface area contributed by atoms with Crippen molar-refractivity contribution in [3.05, 3.63) is 18.0 Å². The number of aryl methyl sites for hydroxylation is 1. The first-order chi connectivity index (χ1) is 8.06. The number of carboxylic acid groups (broad SMARTS) is 1. The van der Waals surface area contributed by atoms with Crippen LogP contribution in [0.5, 0.6) is 0 Å². The molecular weight excluding hydrogens is 216 g/mol. The molecule has 0 amide bonds. The van der Waals surface area contributed by atoms with Gasteiger partial charge >= 0.3 is 5.97 Å². The Morgan fingerprint density at radius 1 is 1.41 bits per heavy atom. The molecule has 92 valence electrons. The van der Waals surface area contributed by atoms with E-state index in [1.165, 1.54) is 19.3 Å². The fraction of sp³-hybridized carbons (Fsp3) is 0.692. The zero-order chi connectivity index (χ0) is 12.1. The molecule has 17 heavy (non-hydrogen) atoms. The maximum Gasteiger partial charge on any atom is 0.331 e. The molecule has 4 nitrogen and oxygen atoms in total. The molecule has 1 N–H and O–H groups in total. The van der Waals surface area contributed by atoms with Gasteiger partial charge in [-0.15, -0.1) is 0 Å². The van der Waals surface area contributed by atoms with Crippen LogP contribution in [0.1, 0.15) is 44.1 Å². The summed E-state index contributed by atoms with van der Waals surface area (Å²) in [5.74, 6) is -0.716. The monoisotopic (exact) mass is 234 g/mol. The summed E-state index contributed by atoms with van der Waals surface area (Å²) in [4.78, 5) is 11.7. The zero-order valence-corrected chi connectivity index (χ0v) is 10.1. The van der Waals surface area contributed by atoms with Gasteiger partial charge in [0.2, 0.25) is 0 Å². The first-order valence-corrected chi connectivity index (χ1v) is 6.32. The molecule has 1 aromatic rings. The minimum atomic E-state index is -0.789. The molecule has 3 rings (SSSR count). The second-order valence-electron chi connectivity index (χ2n) is 5.83. The highest BCUT2D eigenvalue weighted by atomic mass is 16.4. The third kappa shape index (κ3) is 1.58. The van der Waals surface area contributed by atoms with E-state index in [1.807, 2.05) is 13.1 Å². The summed E-state index contributed by atoms with van der Waals surface area (Å²) in [5.41, 5.74) is 0.556. The molecule has 2 aliphatic rings. The number of nitrogens with zero attached hydrogens (tertiary/aromatic N) is 2. The van der Waals surface area contributed by atoms with Crippen molar-refractivity contribution in [2.45, 2.75) is 51.0 Å². The second-order valence-corrected chi connectivity index (χ2v) is 5.83. The molecular formula is C13H18N2O2. The van der Waals surface area contributed by atoms with E-state index in [1.54, 1.807) is 10.9 Å². The van der Waals surface area contributed by atoms with Crippen LogP contribution < -0.4 is 0 Å². The van der Waals surface area contributed by atoms with Crippen LogP contribution in [0, 0.1) is 12.3 Å². The summed E-state index contributed by atoms with van der Waals surface area (Å²) in [7, 11) is 0. The number of aromatic nitrogens is 2. The molecule has 0 bridgehead atoms. The van der Waals surface area contributed by atoms with Gasteiger partial charge in [0.25, 0.3) is 0 Å². The molecule has 1 heterocycles. The van der Waals surface area contributed by atoms with Crippen molar-refractivity contribution in [1.29, 1.82) is 0 Å². The summed E-state index contributed by atoms with van der Waals surface area (Å²) >= 11 is 0. The number of carbonyl (C=O) groups is 1. The van der Waals surface area contributed by atoms with Gasteiger partial charge in [-0.1, -0.05) is 0 Å². The minimum Gasteiger partial charge on any atom is -0.479 e. The number of hydrogen-bond acceptors (Lipinski definition) is 2. The largest absolute Gasteiger partial charge is 0.479 e. The quantitative estimate of drug-likeness (QED) is 0.854. The average molecular weight is 234 g/mol. The first-order valence-electron chi connectivity index (χ1n) is 6.32. The highest BCUT2D eigenvalue weighted by Crippen LogP contribution is 2.60. The molecule has 4 heteroatoms. The van der Waals surface area contributed by atoms with Crippen LogP contribution in [0.25, 0.3) is 0 Å². The van der Waals surface area contributed by atoms with Crippen molar-refractivity contribution in [2.75, 3.05) is 0 Å². The average Bonchev–Trinajstić information content (AvgIpc) is 2.87. The molecule has 1 aromatic heterocycles. The Hall–Kier alpha value is -1.32. The zero-order valence-electron chi connectivity index (χ0n) is 10.1. The molecule has 2 aliphatic carbocycles. The summed E-state index contributed by atoms with van der Waals surface area (Å²) < 4.78 is 1.70. The van der Waals surface area contributed by atoms with Crippen molar-refractivity contribution >= 4 is 5.97 Å². The van der Waals surface area contributed by atoms with Gasteiger partial charge in [0.1, 0.15) is 0 Å². The molecule has 1 unspecified atom stereocenters. The molecule has 0 radical (unpaired) electrons. The van der Waals surface area contributed by atoms with Crippen molar-refractivity contribution < 1.29 is 9.90 Å². The van der Waals surface area contributed by atoms with Crippen LogP contribution >= 0.6 is 0 Å². The third-order valence-electron chi connectivity index (χ3n) is 4.47. The van der Waals surface area contributed by atoms with Crippen molar-refractivity contribution in [3.63, 3.8) is 0 Å². The Bertz CT molecular complexity index is 462. The van der Waals surface area contributed by atoms with E-state index in [0.717, 1.165) is 18.4 Å². The Morgan fingerprint density at radius 3 is 2.71 bits per heavy atom. The van der Waals surface area contributed by atoms with Gasteiger partial charge in [0.15, 0.2) is 5.54 Å². The van der Waals surface area contributed by atoms with E-state index in [2.05, 4.69) is 5.10 Å². The highest BCUT2D eigenvalue weighted by Gasteiger charge is 2.56. The van der Waals surface area contributed by atoms with E-state index in [-0.39, 0.29) is 0 Å². The lowest BCUT2D eigenvalue weighted by molar-refractivity contribution is -0.151. The predicted octanol–water partition coefficient (Wildman–Crippen LogP) is 2.33. The van der Waals surface area contributed by atoms with Gasteiger partial charge in [-0.3, -0.25) is 4.68 Å². The van der Waals surface area contributed by atoms with Gasteiger partial charge in [-0.2, -0.15) is 5.10 Å². The highest BCUT2D eigenvalue weighted by molar-refractivity contribution is 5.77. The standard InChI is InChI=1S/C13H18N2O2/c1-10-7-14-15(8-10)13(11(16)17)4-2-3-12(9-13)5-6-12/h7-8H,2-6,9H2,1H3,(H,16,17). The fourth-order valence-corrected chi connectivity index (χ4v) is 3.28. The smallest absolute Gasteiger partial charge is 0.331 e. The maximum atomic E-state index is 11.7. The molecule has 1 atom stereocenters. The lowest BCUT2D eigenvalue weighted by Gasteiger charge is -2.38. The second kappa shape index (κ2) is 3.34. The molecule has 1 spiro atoms. The Labute approximate surface area is 101 Å². The van der Waals surface area contributed by atoms with Gasteiger partial charge in [-0.05, 0) is 56.4 Å². The predicted molar refractivity (Wildman–Crippen MR) is 62.7 cm³/mol. The summed E-state index contributed by atoms with van der Waals surface area (Å²) in [5, 5.41) is 13.9. The number of hydrogen-bond donors (Lipinski definition) is 1. The van der Waals surface area contributed by atoms with Crippen LogP contribution in [0.3, 0.4) is 0 Å². The van der Waals surface area contributed by atoms with Crippen molar-refractivity contribution in [3.8, 4) is 0 Å². The van der Waals surface area contributed by atoms with Crippen LogP contribution in [0.2, 0.25) is 0 Å². The van der Waals surface area contributed by atoms with E-state index >= 15 is 0 Å². The normalized spacial score (nSPS) is 30.4. The molecule has 2 fully saturated rings. The van der Waals surface area contributed by atoms with Crippen LogP contribution in [0.15, 0.2) is 12.4 Å². The maximum absolute atomic E-state index is 11.7. The Kier molecular flexibility index (Phi) is 2.12. The van der Waals surface area contributed by atoms with Crippen LogP contribution in [0.4, 0.5) is 0 Å². The molecule has 0 aromatic carbocycles. The lowest BCUT2D eigenvalue weighted by atomic mass is 9.73. The van der Waals surface area contributed by atoms with Gasteiger partial charge in [-0.25, -0.2) is 4.79 Å². The van der Waals surface area contributed by atoms with E-state index in [9.17, 15) is 9.90 Å². The Morgan fingerprint density at radius 2 is 2.18 bits per heavy atom. The third-order valence-corrected chi connectivity index (χ3v) is 4.47.